The van der Waals surface area contributed by atoms with E-state index in [1.807, 2.05) is 11.8 Å². The van der Waals surface area contributed by atoms with Crippen LogP contribution in [0.2, 0.25) is 0 Å². The van der Waals surface area contributed by atoms with Crippen LogP contribution < -0.4 is 0 Å². The molecule has 0 saturated carbocycles. The smallest absolute Gasteiger partial charge is 0.0597 e. The summed E-state index contributed by atoms with van der Waals surface area (Å²) in [5.41, 5.74) is 2.76. The Morgan fingerprint density at radius 2 is 2.22 bits per heavy atom. The summed E-state index contributed by atoms with van der Waals surface area (Å²) in [6.07, 6.45) is 1.98. The lowest BCUT2D eigenvalue weighted by Crippen LogP contribution is -1.87. The first kappa shape index (κ1) is 8.76. The van der Waals surface area contributed by atoms with Crippen LogP contribution in [-0.4, -0.2) is 11.8 Å². The van der Waals surface area contributed by atoms with Gasteiger partial charge in [0.15, 0.2) is 0 Å². The lowest BCUT2D eigenvalue weighted by Gasteiger charge is -2.00. The highest BCUT2D eigenvalue weighted by atomic mass is 32.2. The predicted molar refractivity (Wildman–Crippen MR) is 46.0 cm³/mol. The summed E-state index contributed by atoms with van der Waals surface area (Å²) >= 11 is 1.59. The Balaban J connectivity index is 3.63. The van der Waals surface area contributed by atoms with Gasteiger partial charge in [-0.15, -0.1) is 11.8 Å². The molecule has 0 spiro atoms. The van der Waals surface area contributed by atoms with Crippen molar-refractivity contribution in [1.29, 1.82) is 0 Å². The number of aliphatic imine (C=N–C) groups is 1. The Bertz CT molecular complexity index is 116. The number of nitrogens with zero attached hydrogens (tertiary/aromatic N) is 1. The van der Waals surface area contributed by atoms with Crippen molar-refractivity contribution in [3.05, 3.63) is 12.3 Å². The molecule has 0 N–H and O–H groups in total. The van der Waals surface area contributed by atoms with E-state index in [0.29, 0.717) is 5.92 Å². The van der Waals surface area contributed by atoms with Crippen molar-refractivity contribution in [2.24, 2.45) is 10.9 Å². The summed E-state index contributed by atoms with van der Waals surface area (Å²) in [5, 5.41) is 0. The Morgan fingerprint density at radius 1 is 1.67 bits per heavy atom. The zero-order valence-electron chi connectivity index (χ0n) is 6.22. The molecule has 0 heterocycles. The highest BCUT2D eigenvalue weighted by Crippen LogP contribution is 2.07. The van der Waals surface area contributed by atoms with Crippen LogP contribution in [0.3, 0.4) is 0 Å². The fourth-order valence-electron chi connectivity index (χ4n) is 0.269. The van der Waals surface area contributed by atoms with Gasteiger partial charge in [0.05, 0.1) is 5.55 Å². The lowest BCUT2D eigenvalue weighted by atomic mass is 10.2. The van der Waals surface area contributed by atoms with Crippen molar-refractivity contribution < 1.29 is 0 Å². The maximum absolute atomic E-state index is 4.09. The Kier molecular flexibility index (Phi) is 4.50. The van der Waals surface area contributed by atoms with Gasteiger partial charge in [-0.2, -0.15) is 0 Å². The minimum Gasteiger partial charge on any atom is -0.255 e. The molecule has 1 nitrogen and oxygen atoms in total. The summed E-state index contributed by atoms with van der Waals surface area (Å²) in [7, 11) is 0. The van der Waals surface area contributed by atoms with E-state index < -0.39 is 0 Å². The SMILES string of the molecule is C=C(N=CSC)C(C)C. The normalized spacial score (nSPS) is 11.1. The number of rotatable bonds is 3. The second-order valence-corrected chi connectivity index (χ2v) is 2.80. The van der Waals surface area contributed by atoms with E-state index in [9.17, 15) is 0 Å². The zero-order valence-corrected chi connectivity index (χ0v) is 7.03. The van der Waals surface area contributed by atoms with Crippen molar-refractivity contribution >= 4 is 17.3 Å². The third kappa shape index (κ3) is 4.28. The average molecular weight is 143 g/mol. The monoisotopic (exact) mass is 143 g/mol. The molecule has 0 radical (unpaired) electrons. The van der Waals surface area contributed by atoms with Gasteiger partial charge in [0, 0.05) is 5.70 Å². The minimum atomic E-state index is 0.466. The van der Waals surface area contributed by atoms with E-state index in [2.05, 4.69) is 25.4 Å². The van der Waals surface area contributed by atoms with Crippen LogP contribution in [0.5, 0.6) is 0 Å². The molecular formula is C7H13NS. The third-order valence-corrected chi connectivity index (χ3v) is 1.31. The van der Waals surface area contributed by atoms with Crippen LogP contribution in [0, 0.1) is 5.92 Å². The third-order valence-electron chi connectivity index (χ3n) is 0.990. The summed E-state index contributed by atoms with van der Waals surface area (Å²) in [6.45, 7) is 7.95. The predicted octanol–water partition coefficient (Wildman–Crippen LogP) is 2.55. The number of hydrogen-bond donors (Lipinski definition) is 0. The fourth-order valence-corrected chi connectivity index (χ4v) is 0.510. The first-order valence-corrected chi connectivity index (χ1v) is 4.21. The van der Waals surface area contributed by atoms with E-state index in [-0.39, 0.29) is 0 Å². The molecule has 9 heavy (non-hydrogen) atoms. The van der Waals surface area contributed by atoms with Crippen molar-refractivity contribution in [2.45, 2.75) is 13.8 Å². The average Bonchev–Trinajstić information content (AvgIpc) is 1.82. The number of thioether (sulfide) groups is 1. The van der Waals surface area contributed by atoms with Gasteiger partial charge in [0.1, 0.15) is 0 Å². The number of hydrogen-bond acceptors (Lipinski definition) is 2. The van der Waals surface area contributed by atoms with Crippen LogP contribution >= 0.6 is 11.8 Å². The van der Waals surface area contributed by atoms with Gasteiger partial charge in [0.25, 0.3) is 0 Å². The highest BCUT2D eigenvalue weighted by molar-refractivity contribution is 8.11. The van der Waals surface area contributed by atoms with Gasteiger partial charge in [-0.3, -0.25) is 4.99 Å². The number of allylic oxidation sites excluding steroid dienone is 1. The van der Waals surface area contributed by atoms with Crippen molar-refractivity contribution in [3.63, 3.8) is 0 Å². The Labute approximate surface area is 61.3 Å². The van der Waals surface area contributed by atoms with E-state index >= 15 is 0 Å². The molecule has 0 unspecified atom stereocenters. The Morgan fingerprint density at radius 3 is 2.56 bits per heavy atom. The molecule has 52 valence electrons. The van der Waals surface area contributed by atoms with Crippen LogP contribution in [-0.2, 0) is 0 Å². The molecule has 0 amide bonds. The molecule has 0 fully saturated rings. The topological polar surface area (TPSA) is 12.4 Å². The highest BCUT2D eigenvalue weighted by Gasteiger charge is 1.93. The standard InChI is InChI=1S/C7H13NS/c1-6(2)7(3)8-5-9-4/h5-6H,3H2,1-2,4H3. The molecular weight excluding hydrogens is 130 g/mol. The molecule has 0 atom stereocenters. The molecule has 0 aliphatic heterocycles. The molecule has 0 aromatic heterocycles. The molecule has 0 aliphatic rings. The van der Waals surface area contributed by atoms with E-state index in [1.54, 1.807) is 11.8 Å². The summed E-state index contributed by atoms with van der Waals surface area (Å²) < 4.78 is 0. The van der Waals surface area contributed by atoms with Crippen molar-refractivity contribution in [2.75, 3.05) is 6.26 Å². The zero-order chi connectivity index (χ0) is 7.28. The second-order valence-electron chi connectivity index (χ2n) is 2.12. The fraction of sp³-hybridized carbons (Fsp3) is 0.571. The van der Waals surface area contributed by atoms with E-state index in [1.165, 1.54) is 0 Å². The van der Waals surface area contributed by atoms with Crippen molar-refractivity contribution in [3.8, 4) is 0 Å². The summed E-state index contributed by atoms with van der Waals surface area (Å²) in [5.74, 6) is 0.466. The van der Waals surface area contributed by atoms with Crippen LogP contribution in [0.15, 0.2) is 17.3 Å². The second kappa shape index (κ2) is 4.62. The maximum Gasteiger partial charge on any atom is 0.0597 e. The molecule has 2 heteroatoms. The van der Waals surface area contributed by atoms with Gasteiger partial charge in [-0.25, -0.2) is 0 Å². The molecule has 0 rings (SSSR count). The van der Waals surface area contributed by atoms with Crippen LogP contribution in [0.1, 0.15) is 13.8 Å². The van der Waals surface area contributed by atoms with Gasteiger partial charge in [-0.1, -0.05) is 20.4 Å². The van der Waals surface area contributed by atoms with E-state index in [4.69, 9.17) is 0 Å². The minimum absolute atomic E-state index is 0.466. The van der Waals surface area contributed by atoms with Gasteiger partial charge < -0.3 is 0 Å². The van der Waals surface area contributed by atoms with Crippen LogP contribution in [0.25, 0.3) is 0 Å². The summed E-state index contributed by atoms with van der Waals surface area (Å²) in [6, 6.07) is 0. The molecule has 0 aromatic carbocycles. The molecule has 0 bridgehead atoms. The largest absolute Gasteiger partial charge is 0.255 e. The quantitative estimate of drug-likeness (QED) is 0.437. The van der Waals surface area contributed by atoms with Crippen LogP contribution in [0.4, 0.5) is 0 Å². The first-order valence-electron chi connectivity index (χ1n) is 2.92. The maximum atomic E-state index is 4.09. The van der Waals surface area contributed by atoms with E-state index in [0.717, 1.165) is 5.70 Å². The Hall–Kier alpha value is -0.240. The molecule has 0 aromatic rings. The van der Waals surface area contributed by atoms with Gasteiger partial charge >= 0.3 is 0 Å². The van der Waals surface area contributed by atoms with Gasteiger partial charge in [0.2, 0.25) is 0 Å². The molecule has 0 aliphatic carbocycles. The molecule has 0 saturated heterocycles. The lowest BCUT2D eigenvalue weighted by molar-refractivity contribution is 0.764. The van der Waals surface area contributed by atoms with Gasteiger partial charge in [-0.05, 0) is 12.2 Å². The van der Waals surface area contributed by atoms with Crippen molar-refractivity contribution in [1.82, 2.24) is 0 Å². The summed E-state index contributed by atoms with van der Waals surface area (Å²) in [4.78, 5) is 4.09. The first-order chi connectivity index (χ1) is 4.18.